The van der Waals surface area contributed by atoms with E-state index in [0.29, 0.717) is 11.4 Å². The number of nitrogens with one attached hydrogen (secondary N) is 1. The minimum absolute atomic E-state index is 0.215. The molecular weight excluding hydrogens is 276 g/mol. The van der Waals surface area contributed by atoms with E-state index in [1.165, 1.54) is 0 Å². The Morgan fingerprint density at radius 1 is 1.39 bits per heavy atom. The zero-order valence-electron chi connectivity index (χ0n) is 9.76. The van der Waals surface area contributed by atoms with Crippen molar-refractivity contribution in [2.75, 3.05) is 21.8 Å². The summed E-state index contributed by atoms with van der Waals surface area (Å²) in [7, 11) is -3.53. The van der Waals surface area contributed by atoms with Crippen LogP contribution in [0.25, 0.3) is 0 Å². The van der Waals surface area contributed by atoms with Crippen LogP contribution in [0.2, 0.25) is 0 Å². The van der Waals surface area contributed by atoms with Crippen LogP contribution in [-0.2, 0) is 14.8 Å². The summed E-state index contributed by atoms with van der Waals surface area (Å²) in [6.07, 6.45) is 1.36. The Bertz CT molecular complexity index is 573. The largest absolute Gasteiger partial charge is 0.322 e. The molecule has 0 saturated heterocycles. The Kier molecular flexibility index (Phi) is 3.49. The van der Waals surface area contributed by atoms with Crippen molar-refractivity contribution in [1.29, 1.82) is 0 Å². The van der Waals surface area contributed by atoms with Gasteiger partial charge in [-0.1, -0.05) is 12.1 Å². The Morgan fingerprint density at radius 3 is 2.67 bits per heavy atom. The number of hydrogen-bond acceptors (Lipinski definition) is 3. The van der Waals surface area contributed by atoms with Gasteiger partial charge in [-0.25, -0.2) is 8.42 Å². The van der Waals surface area contributed by atoms with Gasteiger partial charge in [-0.15, -0.1) is 11.6 Å². The molecule has 1 aliphatic rings. The molecule has 1 unspecified atom stereocenters. The standard InChI is InChI=1S/C11H13ClN2O3S/c1-18(16,17)14-9-5-3-2-4-8(9)13-11(15)10(14)6-7-12/h2-5,10H,6-7H2,1H3,(H,13,15). The molecule has 0 bridgehead atoms. The number of carbonyl (C=O) groups excluding carboxylic acids is 1. The molecule has 1 N–H and O–H groups in total. The van der Waals surface area contributed by atoms with Crippen molar-refractivity contribution in [2.45, 2.75) is 12.5 Å². The average Bonchev–Trinajstić information content (AvgIpc) is 2.28. The lowest BCUT2D eigenvalue weighted by atomic mass is 10.1. The van der Waals surface area contributed by atoms with E-state index in [0.717, 1.165) is 10.6 Å². The summed E-state index contributed by atoms with van der Waals surface area (Å²) in [5.74, 6) is -0.133. The first-order valence-electron chi connectivity index (χ1n) is 5.40. The molecule has 7 heteroatoms. The predicted molar refractivity (Wildman–Crippen MR) is 71.5 cm³/mol. The first kappa shape index (κ1) is 13.2. The maximum Gasteiger partial charge on any atom is 0.248 e. The van der Waals surface area contributed by atoms with E-state index in [1.54, 1.807) is 24.3 Å². The van der Waals surface area contributed by atoms with Crippen LogP contribution in [0.4, 0.5) is 11.4 Å². The second-order valence-corrected chi connectivity index (χ2v) is 6.30. The highest BCUT2D eigenvalue weighted by Crippen LogP contribution is 2.34. The van der Waals surface area contributed by atoms with E-state index in [2.05, 4.69) is 5.32 Å². The number of sulfonamides is 1. The van der Waals surface area contributed by atoms with Crippen LogP contribution < -0.4 is 9.62 Å². The lowest BCUT2D eigenvalue weighted by Gasteiger charge is -2.35. The van der Waals surface area contributed by atoms with Gasteiger partial charge < -0.3 is 5.32 Å². The topological polar surface area (TPSA) is 66.5 Å². The van der Waals surface area contributed by atoms with Crippen molar-refractivity contribution in [2.24, 2.45) is 0 Å². The fraction of sp³-hybridized carbons (Fsp3) is 0.364. The molecule has 1 heterocycles. The van der Waals surface area contributed by atoms with Gasteiger partial charge in [0.2, 0.25) is 15.9 Å². The molecule has 0 aromatic heterocycles. The van der Waals surface area contributed by atoms with Gasteiger partial charge in [-0.05, 0) is 18.6 Å². The molecule has 0 radical (unpaired) electrons. The molecule has 0 fully saturated rings. The molecule has 98 valence electrons. The smallest absolute Gasteiger partial charge is 0.248 e. The van der Waals surface area contributed by atoms with Crippen LogP contribution in [0.15, 0.2) is 24.3 Å². The summed E-state index contributed by atoms with van der Waals surface area (Å²) < 4.78 is 24.9. The lowest BCUT2D eigenvalue weighted by Crippen LogP contribution is -2.50. The van der Waals surface area contributed by atoms with E-state index >= 15 is 0 Å². The van der Waals surface area contributed by atoms with Crippen molar-refractivity contribution >= 4 is 38.9 Å². The number of amides is 1. The minimum Gasteiger partial charge on any atom is -0.322 e. The second-order valence-electron chi connectivity index (χ2n) is 4.06. The van der Waals surface area contributed by atoms with Gasteiger partial charge in [0, 0.05) is 5.88 Å². The van der Waals surface area contributed by atoms with E-state index in [-0.39, 0.29) is 18.2 Å². The maximum absolute atomic E-state index is 11.9. The zero-order valence-corrected chi connectivity index (χ0v) is 11.3. The third-order valence-corrected chi connectivity index (χ3v) is 4.11. The molecule has 1 aromatic carbocycles. The first-order chi connectivity index (χ1) is 8.45. The molecule has 0 spiro atoms. The van der Waals surface area contributed by atoms with Crippen molar-refractivity contribution in [1.82, 2.24) is 0 Å². The summed E-state index contributed by atoms with van der Waals surface area (Å²) in [5, 5.41) is 2.69. The SMILES string of the molecule is CS(=O)(=O)N1c2ccccc2NC(=O)C1CCCl. The third-order valence-electron chi connectivity index (χ3n) is 2.72. The van der Waals surface area contributed by atoms with Crippen LogP contribution in [0.1, 0.15) is 6.42 Å². The van der Waals surface area contributed by atoms with Gasteiger partial charge in [0.1, 0.15) is 6.04 Å². The molecule has 2 rings (SSSR count). The summed E-state index contributed by atoms with van der Waals surface area (Å²) in [6, 6.07) is 6.01. The molecular formula is C11H13ClN2O3S. The highest BCUT2D eigenvalue weighted by atomic mass is 35.5. The number of nitrogens with zero attached hydrogens (tertiary/aromatic N) is 1. The summed E-state index contributed by atoms with van der Waals surface area (Å²) >= 11 is 5.64. The lowest BCUT2D eigenvalue weighted by molar-refractivity contribution is -0.117. The van der Waals surface area contributed by atoms with Gasteiger partial charge in [-0.3, -0.25) is 9.10 Å². The molecule has 18 heavy (non-hydrogen) atoms. The maximum atomic E-state index is 11.9. The van der Waals surface area contributed by atoms with Crippen molar-refractivity contribution < 1.29 is 13.2 Å². The monoisotopic (exact) mass is 288 g/mol. The number of para-hydroxylation sites is 2. The molecule has 1 aromatic rings. The van der Waals surface area contributed by atoms with Gasteiger partial charge in [0.05, 0.1) is 17.6 Å². The fourth-order valence-electron chi connectivity index (χ4n) is 2.02. The number of carbonyl (C=O) groups is 1. The average molecular weight is 289 g/mol. The summed E-state index contributed by atoms with van der Waals surface area (Å²) in [4.78, 5) is 11.9. The van der Waals surface area contributed by atoms with Crippen LogP contribution in [0.3, 0.4) is 0 Å². The van der Waals surface area contributed by atoms with E-state index in [4.69, 9.17) is 11.6 Å². The number of rotatable bonds is 3. The van der Waals surface area contributed by atoms with Gasteiger partial charge >= 0.3 is 0 Å². The second kappa shape index (κ2) is 4.78. The van der Waals surface area contributed by atoms with E-state index < -0.39 is 16.1 Å². The van der Waals surface area contributed by atoms with E-state index in [1.807, 2.05) is 0 Å². The number of alkyl halides is 1. The van der Waals surface area contributed by atoms with Crippen molar-refractivity contribution in [3.8, 4) is 0 Å². The third kappa shape index (κ3) is 2.30. The Morgan fingerprint density at radius 2 is 2.06 bits per heavy atom. The Balaban J connectivity index is 2.57. The van der Waals surface area contributed by atoms with Crippen molar-refractivity contribution in [3.63, 3.8) is 0 Å². The zero-order chi connectivity index (χ0) is 13.3. The molecule has 0 saturated carbocycles. The highest BCUT2D eigenvalue weighted by molar-refractivity contribution is 7.92. The van der Waals surface area contributed by atoms with Gasteiger partial charge in [-0.2, -0.15) is 0 Å². The molecule has 1 amide bonds. The quantitative estimate of drug-likeness (QED) is 0.855. The normalized spacial score (nSPS) is 19.3. The minimum atomic E-state index is -3.53. The Hall–Kier alpha value is -1.27. The number of fused-ring (bicyclic) bond motifs is 1. The van der Waals surface area contributed by atoms with Gasteiger partial charge in [0.15, 0.2) is 0 Å². The van der Waals surface area contributed by atoms with Crippen molar-refractivity contribution in [3.05, 3.63) is 24.3 Å². The van der Waals surface area contributed by atoms with Crippen LogP contribution >= 0.6 is 11.6 Å². The molecule has 1 aliphatic heterocycles. The number of anilines is 2. The van der Waals surface area contributed by atoms with Crippen LogP contribution in [0, 0.1) is 0 Å². The number of halogens is 1. The van der Waals surface area contributed by atoms with Crippen LogP contribution in [0.5, 0.6) is 0 Å². The molecule has 1 atom stereocenters. The Labute approximate surface area is 111 Å². The number of benzene rings is 1. The fourth-order valence-corrected chi connectivity index (χ4v) is 3.41. The summed E-state index contributed by atoms with van der Waals surface area (Å²) in [6.45, 7) is 0. The molecule has 0 aliphatic carbocycles. The molecule has 5 nitrogen and oxygen atoms in total. The number of hydrogen-bond donors (Lipinski definition) is 1. The van der Waals surface area contributed by atoms with E-state index in [9.17, 15) is 13.2 Å². The highest BCUT2D eigenvalue weighted by Gasteiger charge is 2.37. The van der Waals surface area contributed by atoms with Gasteiger partial charge in [0.25, 0.3) is 0 Å². The van der Waals surface area contributed by atoms with Crippen LogP contribution in [-0.4, -0.2) is 32.5 Å². The first-order valence-corrected chi connectivity index (χ1v) is 7.78. The predicted octanol–water partition coefficient (Wildman–Crippen LogP) is 1.40. The summed E-state index contributed by atoms with van der Waals surface area (Å²) in [5.41, 5.74) is 0.980.